The molecular weight excluding hydrogens is 180 g/mol. The lowest BCUT2D eigenvalue weighted by atomic mass is 10.2. The minimum absolute atomic E-state index is 0.443. The van der Waals surface area contributed by atoms with Crippen LogP contribution >= 0.6 is 0 Å². The monoisotopic (exact) mass is 194 g/mol. The molecule has 4 nitrogen and oxygen atoms in total. The highest BCUT2D eigenvalue weighted by atomic mass is 16.3. The van der Waals surface area contributed by atoms with E-state index in [4.69, 9.17) is 0 Å². The molecule has 1 N–H and O–H groups in total. The van der Waals surface area contributed by atoms with Crippen LogP contribution in [0.2, 0.25) is 0 Å². The van der Waals surface area contributed by atoms with Crippen LogP contribution in [0.1, 0.15) is 17.3 Å². The second kappa shape index (κ2) is 4.72. The van der Waals surface area contributed by atoms with Gasteiger partial charge in [-0.1, -0.05) is 0 Å². The number of aromatic nitrogens is 1. The zero-order valence-corrected chi connectivity index (χ0v) is 8.34. The van der Waals surface area contributed by atoms with Gasteiger partial charge in [0.15, 0.2) is 6.29 Å². The number of hydrogen-bond donors (Lipinski definition) is 1. The van der Waals surface area contributed by atoms with Crippen LogP contribution in [-0.4, -0.2) is 36.1 Å². The average Bonchev–Trinajstić information content (AvgIpc) is 2.16. The number of anilines is 1. The average molecular weight is 194 g/mol. The first-order valence-corrected chi connectivity index (χ1v) is 4.44. The Morgan fingerprint density at radius 2 is 2.43 bits per heavy atom. The number of aliphatic hydroxyl groups is 1. The number of rotatable bonds is 4. The van der Waals surface area contributed by atoms with Crippen molar-refractivity contribution in [3.8, 4) is 0 Å². The van der Waals surface area contributed by atoms with Crippen molar-refractivity contribution in [1.29, 1.82) is 0 Å². The fraction of sp³-hybridized carbons (Fsp3) is 0.400. The molecule has 0 aromatic carbocycles. The van der Waals surface area contributed by atoms with Crippen LogP contribution in [0.3, 0.4) is 0 Å². The van der Waals surface area contributed by atoms with E-state index in [0.29, 0.717) is 17.9 Å². The quantitative estimate of drug-likeness (QED) is 0.717. The number of nitrogens with zero attached hydrogens (tertiary/aromatic N) is 2. The minimum atomic E-state index is -0.443. The largest absolute Gasteiger partial charge is 0.392 e. The highest BCUT2D eigenvalue weighted by molar-refractivity contribution is 5.82. The van der Waals surface area contributed by atoms with Crippen LogP contribution < -0.4 is 4.90 Å². The van der Waals surface area contributed by atoms with E-state index in [-0.39, 0.29) is 0 Å². The third-order valence-corrected chi connectivity index (χ3v) is 1.84. The molecule has 1 aromatic heterocycles. The molecule has 1 unspecified atom stereocenters. The summed E-state index contributed by atoms with van der Waals surface area (Å²) in [6.45, 7) is 2.15. The molecule has 76 valence electrons. The third-order valence-electron chi connectivity index (χ3n) is 1.84. The van der Waals surface area contributed by atoms with Crippen molar-refractivity contribution in [2.45, 2.75) is 13.0 Å². The number of aliphatic hydroxyl groups excluding tert-OH is 1. The van der Waals surface area contributed by atoms with Crippen molar-refractivity contribution >= 4 is 12.1 Å². The van der Waals surface area contributed by atoms with Gasteiger partial charge in [-0.05, 0) is 19.1 Å². The molecule has 0 spiro atoms. The number of pyridine rings is 1. The van der Waals surface area contributed by atoms with Crippen molar-refractivity contribution in [3.05, 3.63) is 23.9 Å². The Kier molecular flexibility index (Phi) is 3.59. The van der Waals surface area contributed by atoms with E-state index in [0.717, 1.165) is 6.29 Å². The first-order chi connectivity index (χ1) is 6.65. The molecule has 4 heteroatoms. The lowest BCUT2D eigenvalue weighted by Gasteiger charge is -2.20. The molecule has 0 aliphatic heterocycles. The molecule has 0 radical (unpaired) electrons. The summed E-state index contributed by atoms with van der Waals surface area (Å²) in [5.74, 6) is 0.600. The van der Waals surface area contributed by atoms with Gasteiger partial charge in [0.1, 0.15) is 5.82 Å². The van der Waals surface area contributed by atoms with Gasteiger partial charge in [0.25, 0.3) is 0 Å². The highest BCUT2D eigenvalue weighted by Gasteiger charge is 2.09. The van der Waals surface area contributed by atoms with Gasteiger partial charge in [0.05, 0.1) is 11.7 Å². The van der Waals surface area contributed by atoms with Gasteiger partial charge in [-0.2, -0.15) is 0 Å². The van der Waals surface area contributed by atoms with Crippen molar-refractivity contribution in [3.63, 3.8) is 0 Å². The van der Waals surface area contributed by atoms with Gasteiger partial charge in [0, 0.05) is 19.8 Å². The molecule has 1 rings (SSSR count). The molecule has 1 aromatic rings. The Bertz CT molecular complexity index is 313. The summed E-state index contributed by atoms with van der Waals surface area (Å²) in [7, 11) is 1.79. The summed E-state index contributed by atoms with van der Waals surface area (Å²) in [6.07, 6.45) is 1.95. The van der Waals surface area contributed by atoms with Crippen LogP contribution in [0.4, 0.5) is 5.82 Å². The molecule has 0 saturated carbocycles. The number of carbonyl (C=O) groups excluding carboxylic acids is 1. The van der Waals surface area contributed by atoms with Crippen molar-refractivity contribution in [1.82, 2.24) is 4.98 Å². The van der Waals surface area contributed by atoms with E-state index in [9.17, 15) is 9.90 Å². The fourth-order valence-corrected chi connectivity index (χ4v) is 1.30. The maximum Gasteiger partial charge on any atom is 0.153 e. The standard InChI is InChI=1S/C10H14N2O2/c1-8(14)6-12(2)10-9(7-13)4-3-5-11-10/h3-5,7-8,14H,6H2,1-2H3. The van der Waals surface area contributed by atoms with Crippen LogP contribution in [0.5, 0.6) is 0 Å². The fourth-order valence-electron chi connectivity index (χ4n) is 1.30. The summed E-state index contributed by atoms with van der Waals surface area (Å²) in [5, 5.41) is 9.19. The number of aldehydes is 1. The molecule has 0 saturated heterocycles. The summed E-state index contributed by atoms with van der Waals surface area (Å²) in [6, 6.07) is 3.41. The molecule has 14 heavy (non-hydrogen) atoms. The smallest absolute Gasteiger partial charge is 0.153 e. The van der Waals surface area contributed by atoms with E-state index in [1.807, 2.05) is 0 Å². The maximum absolute atomic E-state index is 10.7. The Morgan fingerprint density at radius 3 is 3.00 bits per heavy atom. The van der Waals surface area contributed by atoms with Gasteiger partial charge in [0.2, 0.25) is 0 Å². The topological polar surface area (TPSA) is 53.4 Å². The predicted octanol–water partition coefficient (Wildman–Crippen LogP) is 0.711. The van der Waals surface area contributed by atoms with E-state index >= 15 is 0 Å². The molecule has 0 aliphatic rings. The lowest BCUT2D eigenvalue weighted by Crippen LogP contribution is -2.28. The van der Waals surface area contributed by atoms with E-state index in [2.05, 4.69) is 4.98 Å². The number of carbonyl (C=O) groups is 1. The van der Waals surface area contributed by atoms with Crippen LogP contribution in [0.25, 0.3) is 0 Å². The number of hydrogen-bond acceptors (Lipinski definition) is 4. The summed E-state index contributed by atoms with van der Waals surface area (Å²) < 4.78 is 0. The van der Waals surface area contributed by atoms with E-state index in [1.54, 1.807) is 37.2 Å². The van der Waals surface area contributed by atoms with Crippen molar-refractivity contribution in [2.24, 2.45) is 0 Å². The maximum atomic E-state index is 10.7. The van der Waals surface area contributed by atoms with Crippen LogP contribution in [0, 0.1) is 0 Å². The Morgan fingerprint density at radius 1 is 1.71 bits per heavy atom. The highest BCUT2D eigenvalue weighted by Crippen LogP contribution is 2.13. The van der Waals surface area contributed by atoms with Gasteiger partial charge in [-0.25, -0.2) is 4.98 Å². The van der Waals surface area contributed by atoms with Gasteiger partial charge in [-0.3, -0.25) is 4.79 Å². The SMILES string of the molecule is CC(O)CN(C)c1ncccc1C=O. The van der Waals surface area contributed by atoms with Gasteiger partial charge >= 0.3 is 0 Å². The molecule has 1 heterocycles. The van der Waals surface area contributed by atoms with E-state index < -0.39 is 6.10 Å². The van der Waals surface area contributed by atoms with Gasteiger partial charge in [-0.15, -0.1) is 0 Å². The molecule has 0 amide bonds. The van der Waals surface area contributed by atoms with Crippen molar-refractivity contribution in [2.75, 3.05) is 18.5 Å². The van der Waals surface area contributed by atoms with E-state index in [1.165, 1.54) is 0 Å². The Labute approximate surface area is 83.2 Å². The second-order valence-corrected chi connectivity index (χ2v) is 3.26. The Hall–Kier alpha value is -1.42. The first-order valence-electron chi connectivity index (χ1n) is 4.44. The lowest BCUT2D eigenvalue weighted by molar-refractivity contribution is 0.112. The third kappa shape index (κ3) is 2.53. The molecule has 1 atom stereocenters. The zero-order valence-electron chi connectivity index (χ0n) is 8.34. The van der Waals surface area contributed by atoms with Gasteiger partial charge < -0.3 is 10.0 Å². The molecular formula is C10H14N2O2. The second-order valence-electron chi connectivity index (χ2n) is 3.26. The first kappa shape index (κ1) is 10.7. The van der Waals surface area contributed by atoms with Crippen molar-refractivity contribution < 1.29 is 9.90 Å². The molecule has 0 aliphatic carbocycles. The summed E-state index contributed by atoms with van der Waals surface area (Å²) >= 11 is 0. The number of likely N-dealkylation sites (N-methyl/N-ethyl adjacent to an activating group) is 1. The summed E-state index contributed by atoms with van der Waals surface area (Å²) in [5.41, 5.74) is 0.538. The summed E-state index contributed by atoms with van der Waals surface area (Å²) in [4.78, 5) is 16.5. The van der Waals surface area contributed by atoms with Crippen LogP contribution in [0.15, 0.2) is 18.3 Å². The minimum Gasteiger partial charge on any atom is -0.392 e. The molecule has 0 fully saturated rings. The Balaban J connectivity index is 2.88. The normalized spacial score (nSPS) is 12.2. The molecule has 0 bridgehead atoms. The van der Waals surface area contributed by atoms with Crippen LogP contribution in [-0.2, 0) is 0 Å². The zero-order chi connectivity index (χ0) is 10.6. The predicted molar refractivity (Wildman–Crippen MR) is 54.6 cm³/mol.